The standard InChI is InChI=1S/C20H22I2N2O5/c1-2-18(26)24-6-5-12-10-13(3-4-17(12)25)29-19-14(21)7-11(8-15(19)22)9-16(23)20(27)28/h3-4,7-8,10,16,25H,2,5-6,9,23H2,1H3,(H,24,26)(H,27,28). The number of amides is 1. The molecule has 0 radical (unpaired) electrons. The Labute approximate surface area is 196 Å². The molecule has 0 aliphatic carbocycles. The number of aliphatic carboxylic acids is 1. The second-order valence-corrected chi connectivity index (χ2v) is 8.78. The van der Waals surface area contributed by atoms with Gasteiger partial charge < -0.3 is 30.8 Å². The van der Waals surface area contributed by atoms with Crippen molar-refractivity contribution < 1.29 is 30.3 Å². The number of carboxylic acids is 1. The fraction of sp³-hybridized carbons (Fsp3) is 0.300. The molecule has 0 fully saturated rings. The zero-order valence-corrected chi connectivity index (χ0v) is 20.2. The lowest BCUT2D eigenvalue weighted by molar-refractivity contribution is -0.437. The first-order valence-electron chi connectivity index (χ1n) is 8.99. The molecule has 7 nitrogen and oxygen atoms in total. The van der Waals surface area contributed by atoms with Gasteiger partial charge in [0.15, 0.2) is 5.75 Å². The number of carboxylic acid groups (broad SMARTS) is 1. The minimum atomic E-state index is -1.18. The highest BCUT2D eigenvalue weighted by Gasteiger charge is 2.15. The number of hydrogen-bond acceptors (Lipinski definition) is 5. The smallest absolute Gasteiger partial charge is 0.219 e. The predicted octanol–water partition coefficient (Wildman–Crippen LogP) is 1.37. The van der Waals surface area contributed by atoms with Crippen LogP contribution in [0, 0.1) is 7.14 Å². The summed E-state index contributed by atoms with van der Waals surface area (Å²) in [4.78, 5) is 22.3. The van der Waals surface area contributed by atoms with Crippen LogP contribution in [0.1, 0.15) is 24.5 Å². The summed E-state index contributed by atoms with van der Waals surface area (Å²) in [7, 11) is 0. The summed E-state index contributed by atoms with van der Waals surface area (Å²) in [5.74, 6) is 0.144. The van der Waals surface area contributed by atoms with Crippen LogP contribution in [0.3, 0.4) is 0 Å². The van der Waals surface area contributed by atoms with Crippen molar-refractivity contribution in [3.05, 3.63) is 48.6 Å². The molecule has 1 atom stereocenters. The number of nitrogens with one attached hydrogen (secondary N) is 1. The molecule has 0 aromatic heterocycles. The Balaban J connectivity index is 2.15. The number of ether oxygens (including phenoxy) is 1. The van der Waals surface area contributed by atoms with Gasteiger partial charge in [-0.3, -0.25) is 4.79 Å². The molecule has 0 heterocycles. The van der Waals surface area contributed by atoms with E-state index in [0.29, 0.717) is 36.4 Å². The van der Waals surface area contributed by atoms with Crippen LogP contribution in [0.5, 0.6) is 17.2 Å². The minimum absolute atomic E-state index is 0.0377. The van der Waals surface area contributed by atoms with Crippen LogP contribution >= 0.6 is 45.2 Å². The summed E-state index contributed by atoms with van der Waals surface area (Å²) in [5.41, 5.74) is 5.11. The Hall–Kier alpha value is -1.60. The van der Waals surface area contributed by atoms with Crippen LogP contribution in [0.25, 0.3) is 0 Å². The zero-order valence-electron chi connectivity index (χ0n) is 15.8. The lowest BCUT2D eigenvalue weighted by atomic mass is 10.1. The Bertz CT molecular complexity index is 881. The number of carbonyl (C=O) groups excluding carboxylic acids is 2. The van der Waals surface area contributed by atoms with E-state index in [4.69, 9.17) is 4.74 Å². The first-order chi connectivity index (χ1) is 13.7. The molecular formula is C20H22I2N2O5. The van der Waals surface area contributed by atoms with E-state index in [0.717, 1.165) is 12.7 Å². The number of quaternary nitrogens is 1. The molecule has 2 aromatic rings. The summed E-state index contributed by atoms with van der Waals surface area (Å²) in [5, 5.41) is 23.8. The lowest BCUT2D eigenvalue weighted by Crippen LogP contribution is -2.69. The van der Waals surface area contributed by atoms with Crippen molar-refractivity contribution >= 4 is 57.1 Å². The van der Waals surface area contributed by atoms with Gasteiger partial charge in [0, 0.05) is 19.4 Å². The molecule has 29 heavy (non-hydrogen) atoms. The van der Waals surface area contributed by atoms with E-state index in [9.17, 15) is 19.8 Å². The summed E-state index contributed by atoms with van der Waals surface area (Å²) in [6.07, 6.45) is 1.18. The maximum atomic E-state index is 11.4. The van der Waals surface area contributed by atoms with Crippen molar-refractivity contribution in [2.75, 3.05) is 6.54 Å². The first kappa shape index (κ1) is 23.7. The average Bonchev–Trinajstić information content (AvgIpc) is 2.66. The summed E-state index contributed by atoms with van der Waals surface area (Å²) in [6, 6.07) is 7.89. The van der Waals surface area contributed by atoms with Gasteiger partial charge in [0.1, 0.15) is 17.5 Å². The van der Waals surface area contributed by atoms with Gasteiger partial charge in [-0.15, -0.1) is 0 Å². The minimum Gasteiger partial charge on any atom is -0.544 e. The van der Waals surface area contributed by atoms with Gasteiger partial charge in [-0.1, -0.05) is 6.92 Å². The van der Waals surface area contributed by atoms with Crippen molar-refractivity contribution in [2.45, 2.75) is 32.2 Å². The van der Waals surface area contributed by atoms with Crippen molar-refractivity contribution in [3.8, 4) is 17.2 Å². The van der Waals surface area contributed by atoms with E-state index in [1.165, 1.54) is 0 Å². The second kappa shape index (κ2) is 11.0. The molecule has 2 aromatic carbocycles. The maximum absolute atomic E-state index is 11.4. The van der Waals surface area contributed by atoms with Crippen LogP contribution in [0.4, 0.5) is 0 Å². The molecule has 0 aliphatic heterocycles. The highest BCUT2D eigenvalue weighted by atomic mass is 127. The summed E-state index contributed by atoms with van der Waals surface area (Å²) < 4.78 is 7.70. The third kappa shape index (κ3) is 7.00. The average molecular weight is 624 g/mol. The fourth-order valence-electron chi connectivity index (χ4n) is 2.60. The summed E-state index contributed by atoms with van der Waals surface area (Å²) in [6.45, 7) is 2.21. The highest BCUT2D eigenvalue weighted by molar-refractivity contribution is 14.1. The maximum Gasteiger partial charge on any atom is 0.219 e. The van der Waals surface area contributed by atoms with Gasteiger partial charge in [-0.25, -0.2) is 0 Å². The number of hydrogen-bond donors (Lipinski definition) is 3. The summed E-state index contributed by atoms with van der Waals surface area (Å²) >= 11 is 4.28. The molecule has 0 saturated heterocycles. The largest absolute Gasteiger partial charge is 0.544 e. The second-order valence-electron chi connectivity index (χ2n) is 6.45. The normalized spacial score (nSPS) is 11.7. The third-order valence-electron chi connectivity index (χ3n) is 4.18. The van der Waals surface area contributed by atoms with Gasteiger partial charge in [0.2, 0.25) is 5.91 Å². The van der Waals surface area contributed by atoms with Crippen molar-refractivity contribution in [1.82, 2.24) is 5.32 Å². The molecule has 1 amide bonds. The van der Waals surface area contributed by atoms with Gasteiger partial charge in [-0.2, -0.15) is 0 Å². The van der Waals surface area contributed by atoms with Gasteiger partial charge in [0.25, 0.3) is 0 Å². The predicted molar refractivity (Wildman–Crippen MR) is 122 cm³/mol. The molecule has 5 N–H and O–H groups in total. The number of phenolic OH excluding ortho intramolecular Hbond substituents is 1. The van der Waals surface area contributed by atoms with E-state index < -0.39 is 12.0 Å². The SMILES string of the molecule is CCC(=O)NCCc1cc(Oc2c(I)cc(CC([NH3+])C(=O)[O-])cc2I)ccc1O. The lowest BCUT2D eigenvalue weighted by Gasteiger charge is -2.15. The molecular weight excluding hydrogens is 602 g/mol. The number of aromatic hydroxyl groups is 1. The number of halogens is 2. The third-order valence-corrected chi connectivity index (χ3v) is 5.78. The number of phenols is 1. The van der Waals surface area contributed by atoms with E-state index >= 15 is 0 Å². The van der Waals surface area contributed by atoms with Crippen molar-refractivity contribution in [3.63, 3.8) is 0 Å². The topological polar surface area (TPSA) is 126 Å². The van der Waals surface area contributed by atoms with Gasteiger partial charge in [0.05, 0.1) is 13.1 Å². The van der Waals surface area contributed by atoms with Gasteiger partial charge in [-0.05, 0) is 93.1 Å². The molecule has 9 heteroatoms. The molecule has 2 rings (SSSR count). The van der Waals surface area contributed by atoms with E-state index in [1.54, 1.807) is 25.1 Å². The van der Waals surface area contributed by atoms with Crippen LogP contribution < -0.4 is 20.9 Å². The molecule has 156 valence electrons. The van der Waals surface area contributed by atoms with E-state index in [2.05, 4.69) is 56.2 Å². The number of rotatable bonds is 9. The molecule has 0 bridgehead atoms. The van der Waals surface area contributed by atoms with Crippen LogP contribution in [0.2, 0.25) is 0 Å². The Kier molecular flexibility index (Phi) is 8.96. The van der Waals surface area contributed by atoms with Gasteiger partial charge >= 0.3 is 0 Å². The quantitative estimate of drug-likeness (QED) is 0.364. The molecule has 0 spiro atoms. The van der Waals surface area contributed by atoms with Crippen molar-refractivity contribution in [1.29, 1.82) is 0 Å². The zero-order chi connectivity index (χ0) is 21.6. The molecule has 1 unspecified atom stereocenters. The highest BCUT2D eigenvalue weighted by Crippen LogP contribution is 2.34. The monoisotopic (exact) mass is 624 g/mol. The number of benzene rings is 2. The Morgan fingerprint density at radius 1 is 1.24 bits per heavy atom. The first-order valence-corrected chi connectivity index (χ1v) is 11.1. The van der Waals surface area contributed by atoms with Crippen LogP contribution in [-0.4, -0.2) is 29.6 Å². The fourth-order valence-corrected chi connectivity index (χ4v) is 4.72. The van der Waals surface area contributed by atoms with Crippen LogP contribution in [-0.2, 0) is 22.4 Å². The van der Waals surface area contributed by atoms with Crippen molar-refractivity contribution in [2.24, 2.45) is 0 Å². The van der Waals surface area contributed by atoms with E-state index in [1.807, 2.05) is 12.1 Å². The Morgan fingerprint density at radius 3 is 2.48 bits per heavy atom. The molecule has 0 aliphatic rings. The van der Waals surface area contributed by atoms with Crippen LogP contribution in [0.15, 0.2) is 30.3 Å². The molecule has 0 saturated carbocycles. The number of carbonyl (C=O) groups is 2. The van der Waals surface area contributed by atoms with E-state index in [-0.39, 0.29) is 18.1 Å². The Morgan fingerprint density at radius 2 is 1.90 bits per heavy atom.